The van der Waals surface area contributed by atoms with Crippen LogP contribution in [0, 0.1) is 5.41 Å². The summed E-state index contributed by atoms with van der Waals surface area (Å²) < 4.78 is 5.54. The van der Waals surface area contributed by atoms with Crippen LogP contribution in [0.3, 0.4) is 0 Å². The molecular weight excluding hydrogens is 193 g/mol. The molecular formula is C11H22NOP. The summed E-state index contributed by atoms with van der Waals surface area (Å²) >= 11 is 0. The van der Waals surface area contributed by atoms with Gasteiger partial charge in [0.2, 0.25) is 0 Å². The summed E-state index contributed by atoms with van der Waals surface area (Å²) in [6.45, 7) is 14.9. The van der Waals surface area contributed by atoms with Crippen molar-refractivity contribution in [2.75, 3.05) is 6.54 Å². The van der Waals surface area contributed by atoms with Gasteiger partial charge in [0.05, 0.1) is 0 Å². The Balaban J connectivity index is 3.93. The molecule has 0 unspecified atom stereocenters. The fourth-order valence-corrected chi connectivity index (χ4v) is 0.885. The van der Waals surface area contributed by atoms with Crippen molar-refractivity contribution in [2.45, 2.75) is 40.2 Å². The predicted octanol–water partition coefficient (Wildman–Crippen LogP) is 2.83. The van der Waals surface area contributed by atoms with Gasteiger partial charge in [-0.15, -0.1) is 8.86 Å². The van der Waals surface area contributed by atoms with Crippen LogP contribution in [0.15, 0.2) is 12.5 Å². The van der Waals surface area contributed by atoms with E-state index in [0.29, 0.717) is 5.88 Å². The molecule has 1 N–H and O–H groups in total. The van der Waals surface area contributed by atoms with Gasteiger partial charge in [-0.05, 0) is 27.4 Å². The van der Waals surface area contributed by atoms with E-state index in [0.717, 1.165) is 6.54 Å². The Hall–Kier alpha value is -0.490. The molecule has 0 aromatic carbocycles. The molecule has 2 nitrogen and oxygen atoms in total. The third-order valence-corrected chi connectivity index (χ3v) is 2.34. The smallest absolute Gasteiger partial charge is 0.179 e. The first kappa shape index (κ1) is 13.5. The Morgan fingerprint density at radius 2 is 1.86 bits per heavy atom. The number of ether oxygens (including phenoxy) is 1. The van der Waals surface area contributed by atoms with Gasteiger partial charge in [0.25, 0.3) is 0 Å². The molecule has 14 heavy (non-hydrogen) atoms. The molecule has 3 heteroatoms. The van der Waals surface area contributed by atoms with Gasteiger partial charge in [-0.2, -0.15) is 0 Å². The predicted molar refractivity (Wildman–Crippen MR) is 66.1 cm³/mol. The second-order valence-electron chi connectivity index (χ2n) is 5.12. The van der Waals surface area contributed by atoms with Crippen LogP contribution in [0.4, 0.5) is 0 Å². The first-order chi connectivity index (χ1) is 6.16. The van der Waals surface area contributed by atoms with Gasteiger partial charge in [-0.3, -0.25) is 0 Å². The van der Waals surface area contributed by atoms with Crippen LogP contribution in [-0.2, 0) is 4.74 Å². The van der Waals surface area contributed by atoms with E-state index in [2.05, 4.69) is 34.6 Å². The van der Waals surface area contributed by atoms with Gasteiger partial charge in [-0.25, -0.2) is 0 Å². The van der Waals surface area contributed by atoms with Gasteiger partial charge in [0, 0.05) is 12.0 Å². The highest BCUT2D eigenvalue weighted by Crippen LogP contribution is 2.14. The molecule has 0 saturated carbocycles. The summed E-state index contributed by atoms with van der Waals surface area (Å²) in [5, 5.41) is 3.15. The van der Waals surface area contributed by atoms with Crippen LogP contribution in [0.5, 0.6) is 0 Å². The zero-order valence-electron chi connectivity index (χ0n) is 9.90. The quantitative estimate of drug-likeness (QED) is 0.562. The van der Waals surface area contributed by atoms with Crippen LogP contribution in [0.2, 0.25) is 0 Å². The first-order valence-corrected chi connectivity index (χ1v) is 5.37. The molecule has 82 valence electrons. The Morgan fingerprint density at radius 3 is 2.21 bits per heavy atom. The summed E-state index contributed by atoms with van der Waals surface area (Å²) in [4.78, 5) is 0. The zero-order valence-corrected chi connectivity index (χ0v) is 10.9. The molecule has 0 fully saturated rings. The van der Waals surface area contributed by atoms with Gasteiger partial charge in [-0.1, -0.05) is 19.6 Å². The minimum atomic E-state index is -0.189. The van der Waals surface area contributed by atoms with E-state index < -0.39 is 0 Å². The SMILES string of the molecule is C=C(NCC(C)(C)C=P)OC(C)(C)C. The molecule has 0 aromatic rings. The molecule has 0 spiro atoms. The maximum absolute atomic E-state index is 5.54. The Morgan fingerprint density at radius 1 is 1.36 bits per heavy atom. The van der Waals surface area contributed by atoms with Crippen molar-refractivity contribution in [3.05, 3.63) is 12.5 Å². The third kappa shape index (κ3) is 6.97. The fourth-order valence-electron chi connectivity index (χ4n) is 0.783. The lowest BCUT2D eigenvalue weighted by Crippen LogP contribution is -2.32. The van der Waals surface area contributed by atoms with E-state index >= 15 is 0 Å². The van der Waals surface area contributed by atoms with Crippen molar-refractivity contribution >= 4 is 14.7 Å². The second-order valence-corrected chi connectivity index (χ2v) is 5.41. The van der Waals surface area contributed by atoms with E-state index in [1.807, 2.05) is 26.6 Å². The van der Waals surface area contributed by atoms with Gasteiger partial charge < -0.3 is 10.1 Å². The number of hydrogen-bond acceptors (Lipinski definition) is 2. The molecule has 0 bridgehead atoms. The van der Waals surface area contributed by atoms with Gasteiger partial charge >= 0.3 is 0 Å². The average Bonchev–Trinajstić information content (AvgIpc) is 1.98. The van der Waals surface area contributed by atoms with Gasteiger partial charge in [0.1, 0.15) is 5.60 Å². The van der Waals surface area contributed by atoms with Crippen LogP contribution in [0.25, 0.3) is 0 Å². The van der Waals surface area contributed by atoms with Gasteiger partial charge in [0.15, 0.2) is 5.88 Å². The number of rotatable bonds is 5. The van der Waals surface area contributed by atoms with E-state index in [-0.39, 0.29) is 11.0 Å². The highest BCUT2D eigenvalue weighted by molar-refractivity contribution is 7.18. The van der Waals surface area contributed by atoms with Crippen molar-refractivity contribution < 1.29 is 4.74 Å². The summed E-state index contributed by atoms with van der Waals surface area (Å²) in [6, 6.07) is 0. The van der Waals surface area contributed by atoms with E-state index in [9.17, 15) is 0 Å². The summed E-state index contributed by atoms with van der Waals surface area (Å²) in [5.74, 6) is 2.60. The topological polar surface area (TPSA) is 21.3 Å². The monoisotopic (exact) mass is 215 g/mol. The molecule has 0 aliphatic heterocycles. The number of hydrogen-bond donors (Lipinski definition) is 1. The molecule has 0 atom stereocenters. The van der Waals surface area contributed by atoms with Crippen LogP contribution in [0.1, 0.15) is 34.6 Å². The molecule has 0 saturated heterocycles. The highest BCUT2D eigenvalue weighted by atomic mass is 31.0. The maximum atomic E-state index is 5.54. The first-order valence-electron chi connectivity index (χ1n) is 4.80. The standard InChI is InChI=1S/C11H22NOP/c1-9(13-10(2,3)4)12-7-11(5,6)8-14/h8,12,14H,1,7H2,2-6H3. The lowest BCUT2D eigenvalue weighted by molar-refractivity contribution is 0.0402. The summed E-state index contributed by atoms with van der Waals surface area (Å²) in [5.41, 5.74) is -0.104. The molecule has 0 rings (SSSR count). The van der Waals surface area contributed by atoms with Crippen molar-refractivity contribution in [1.82, 2.24) is 5.32 Å². The molecule has 0 heterocycles. The van der Waals surface area contributed by atoms with E-state index in [1.54, 1.807) is 0 Å². The summed E-state index contributed by atoms with van der Waals surface area (Å²) in [7, 11) is 3.39. The summed E-state index contributed by atoms with van der Waals surface area (Å²) in [6.07, 6.45) is 0. The van der Waals surface area contributed by atoms with Crippen LogP contribution >= 0.6 is 8.86 Å². The molecule has 0 aliphatic carbocycles. The Bertz CT molecular complexity index is 216. The lowest BCUT2D eigenvalue weighted by Gasteiger charge is -2.26. The largest absolute Gasteiger partial charge is 0.474 e. The average molecular weight is 215 g/mol. The molecule has 0 amide bonds. The van der Waals surface area contributed by atoms with Crippen LogP contribution < -0.4 is 5.32 Å². The van der Waals surface area contributed by atoms with E-state index in [4.69, 9.17) is 4.74 Å². The van der Waals surface area contributed by atoms with E-state index in [1.165, 1.54) is 0 Å². The highest BCUT2D eigenvalue weighted by Gasteiger charge is 2.16. The second kappa shape index (κ2) is 4.84. The lowest BCUT2D eigenvalue weighted by atomic mass is 9.97. The normalized spacial score (nSPS) is 12.1. The molecule has 0 radical (unpaired) electrons. The Labute approximate surface area is 90.0 Å². The minimum absolute atomic E-state index is 0.0844. The minimum Gasteiger partial charge on any atom is -0.474 e. The maximum Gasteiger partial charge on any atom is 0.179 e. The van der Waals surface area contributed by atoms with Crippen molar-refractivity contribution in [1.29, 1.82) is 0 Å². The molecule has 0 aromatic heterocycles. The zero-order chi connectivity index (χ0) is 11.4. The van der Waals surface area contributed by atoms with Crippen molar-refractivity contribution in [2.24, 2.45) is 5.41 Å². The third-order valence-electron chi connectivity index (χ3n) is 1.56. The van der Waals surface area contributed by atoms with Crippen LogP contribution in [-0.4, -0.2) is 17.9 Å². The fraction of sp³-hybridized carbons (Fsp3) is 0.727. The Kier molecular flexibility index (Phi) is 4.67. The molecule has 0 aliphatic rings. The number of nitrogens with one attached hydrogen (secondary N) is 1. The van der Waals surface area contributed by atoms with Crippen molar-refractivity contribution in [3.63, 3.8) is 0 Å². The van der Waals surface area contributed by atoms with Crippen molar-refractivity contribution in [3.8, 4) is 0 Å².